The van der Waals surface area contributed by atoms with Crippen LogP contribution in [0.3, 0.4) is 0 Å². The zero-order valence-electron chi connectivity index (χ0n) is 16.7. The Morgan fingerprint density at radius 3 is 2.55 bits per heavy atom. The molecule has 3 heterocycles. The van der Waals surface area contributed by atoms with E-state index in [1.807, 2.05) is 42.7 Å². The molecule has 0 radical (unpaired) electrons. The maximum absolute atomic E-state index is 6.29. The summed E-state index contributed by atoms with van der Waals surface area (Å²) in [5.74, 6) is 0.862. The van der Waals surface area contributed by atoms with Gasteiger partial charge in [-0.3, -0.25) is 0 Å². The summed E-state index contributed by atoms with van der Waals surface area (Å²) in [4.78, 5) is 3.30. The zero-order valence-corrected chi connectivity index (χ0v) is 16.7. The second-order valence-electron chi connectivity index (χ2n) is 7.66. The molecule has 0 saturated heterocycles. The largest absolute Gasteiger partial charge is 0.489 e. The molecule has 6 rings (SSSR count). The van der Waals surface area contributed by atoms with Crippen molar-refractivity contribution in [3.8, 4) is 16.9 Å². The van der Waals surface area contributed by atoms with Crippen LogP contribution in [-0.2, 0) is 6.61 Å². The van der Waals surface area contributed by atoms with Crippen molar-refractivity contribution in [1.29, 1.82) is 0 Å². The standard InChI is InChI=1S/C26H20N4O/c1-2-8-17(9-3-1)16-31-23-13-7-5-11-19(23)25-21-14-27-26-24(21)20(15-28-30-26)18-10-4-6-12-22(18)29-25/h1-15,25,29H,16H2,(H,27,30). The summed E-state index contributed by atoms with van der Waals surface area (Å²) in [6.45, 7) is 0.520. The van der Waals surface area contributed by atoms with Gasteiger partial charge in [-0.15, -0.1) is 5.10 Å². The lowest BCUT2D eigenvalue weighted by molar-refractivity contribution is 0.302. The summed E-state index contributed by atoms with van der Waals surface area (Å²) in [6.07, 6.45) is 3.88. The van der Waals surface area contributed by atoms with Crippen LogP contribution >= 0.6 is 0 Å². The molecule has 150 valence electrons. The third-order valence-corrected chi connectivity index (χ3v) is 5.80. The molecular weight excluding hydrogens is 384 g/mol. The van der Waals surface area contributed by atoms with E-state index in [1.54, 1.807) is 0 Å². The highest BCUT2D eigenvalue weighted by Crippen LogP contribution is 2.44. The Balaban J connectivity index is 1.48. The van der Waals surface area contributed by atoms with Gasteiger partial charge in [-0.1, -0.05) is 66.7 Å². The monoisotopic (exact) mass is 404 g/mol. The first kappa shape index (κ1) is 17.7. The average Bonchev–Trinajstić information content (AvgIpc) is 3.20. The molecule has 0 fully saturated rings. The van der Waals surface area contributed by atoms with Crippen molar-refractivity contribution in [3.05, 3.63) is 108 Å². The number of fused-ring (bicyclic) bond motifs is 2. The molecular formula is C26H20N4O. The van der Waals surface area contributed by atoms with E-state index in [0.717, 1.165) is 50.3 Å². The molecule has 5 nitrogen and oxygen atoms in total. The Morgan fingerprint density at radius 1 is 0.806 bits per heavy atom. The van der Waals surface area contributed by atoms with Crippen molar-refractivity contribution >= 4 is 16.7 Å². The quantitative estimate of drug-likeness (QED) is 0.402. The lowest BCUT2D eigenvalue weighted by atomic mass is 9.97. The van der Waals surface area contributed by atoms with E-state index in [0.29, 0.717) is 6.61 Å². The van der Waals surface area contributed by atoms with Gasteiger partial charge >= 0.3 is 0 Å². The summed E-state index contributed by atoms with van der Waals surface area (Å²) in [5.41, 5.74) is 7.41. The van der Waals surface area contributed by atoms with Gasteiger partial charge in [0.15, 0.2) is 5.65 Å². The van der Waals surface area contributed by atoms with Crippen LogP contribution in [-0.4, -0.2) is 15.2 Å². The van der Waals surface area contributed by atoms with Crippen molar-refractivity contribution in [2.75, 3.05) is 5.32 Å². The number of H-pyrrole nitrogens is 1. The molecule has 2 aromatic heterocycles. The van der Waals surface area contributed by atoms with E-state index in [4.69, 9.17) is 4.74 Å². The van der Waals surface area contributed by atoms with Gasteiger partial charge in [0.1, 0.15) is 12.4 Å². The van der Waals surface area contributed by atoms with Gasteiger partial charge < -0.3 is 15.0 Å². The first-order valence-corrected chi connectivity index (χ1v) is 10.3. The SMILES string of the molecule is c1ccc(COc2ccccc2C2Nc3ccccc3-c3cnnc4[nH]cc2c34)cc1. The number of hydrogen-bond donors (Lipinski definition) is 2. The second kappa shape index (κ2) is 7.29. The minimum atomic E-state index is -0.0904. The molecule has 5 heteroatoms. The fourth-order valence-electron chi connectivity index (χ4n) is 4.34. The Kier molecular flexibility index (Phi) is 4.17. The van der Waals surface area contributed by atoms with Gasteiger partial charge in [0.05, 0.1) is 12.2 Å². The summed E-state index contributed by atoms with van der Waals surface area (Å²) >= 11 is 0. The predicted molar refractivity (Wildman–Crippen MR) is 122 cm³/mol. The number of aromatic amines is 1. The van der Waals surface area contributed by atoms with E-state index < -0.39 is 0 Å². The van der Waals surface area contributed by atoms with Crippen LogP contribution < -0.4 is 10.1 Å². The maximum atomic E-state index is 6.29. The molecule has 1 aliphatic rings. The fraction of sp³-hybridized carbons (Fsp3) is 0.0769. The van der Waals surface area contributed by atoms with Gasteiger partial charge in [0, 0.05) is 39.5 Å². The van der Waals surface area contributed by atoms with Crippen LogP contribution in [0.2, 0.25) is 0 Å². The van der Waals surface area contributed by atoms with Crippen LogP contribution in [0.25, 0.3) is 22.2 Å². The number of ether oxygens (including phenoxy) is 1. The predicted octanol–water partition coefficient (Wildman–Crippen LogP) is 5.72. The second-order valence-corrected chi connectivity index (χ2v) is 7.66. The number of para-hydroxylation sites is 2. The molecule has 1 atom stereocenters. The van der Waals surface area contributed by atoms with E-state index in [2.05, 4.69) is 69.0 Å². The van der Waals surface area contributed by atoms with Crippen LogP contribution in [0.1, 0.15) is 22.7 Å². The minimum Gasteiger partial charge on any atom is -0.489 e. The maximum Gasteiger partial charge on any atom is 0.160 e. The van der Waals surface area contributed by atoms with Gasteiger partial charge in [-0.05, 0) is 17.7 Å². The van der Waals surface area contributed by atoms with Gasteiger partial charge in [0.2, 0.25) is 0 Å². The number of anilines is 1. The van der Waals surface area contributed by atoms with Crippen molar-refractivity contribution in [2.45, 2.75) is 12.6 Å². The van der Waals surface area contributed by atoms with Crippen LogP contribution in [0.15, 0.2) is 91.3 Å². The Bertz CT molecular complexity index is 1380. The highest BCUT2D eigenvalue weighted by molar-refractivity contribution is 6.00. The molecule has 3 aromatic carbocycles. The molecule has 0 aliphatic carbocycles. The van der Waals surface area contributed by atoms with Crippen LogP contribution in [0.5, 0.6) is 5.75 Å². The first-order valence-electron chi connectivity index (χ1n) is 10.3. The van der Waals surface area contributed by atoms with Gasteiger partial charge in [-0.25, -0.2) is 0 Å². The molecule has 0 saturated carbocycles. The lowest BCUT2D eigenvalue weighted by Gasteiger charge is -2.22. The van der Waals surface area contributed by atoms with Gasteiger partial charge in [-0.2, -0.15) is 5.10 Å². The highest BCUT2D eigenvalue weighted by Gasteiger charge is 2.28. The lowest BCUT2D eigenvalue weighted by Crippen LogP contribution is -2.13. The van der Waals surface area contributed by atoms with E-state index in [-0.39, 0.29) is 6.04 Å². The Hall–Kier alpha value is -4.12. The average molecular weight is 404 g/mol. The zero-order chi connectivity index (χ0) is 20.6. The Labute approximate surface area is 179 Å². The Morgan fingerprint density at radius 2 is 1.61 bits per heavy atom. The third kappa shape index (κ3) is 3.02. The molecule has 0 amide bonds. The van der Waals surface area contributed by atoms with Crippen LogP contribution in [0, 0.1) is 0 Å². The summed E-state index contributed by atoms with van der Waals surface area (Å²) < 4.78 is 6.29. The number of hydrogen-bond acceptors (Lipinski definition) is 4. The topological polar surface area (TPSA) is 62.8 Å². The smallest absolute Gasteiger partial charge is 0.160 e. The number of benzene rings is 3. The van der Waals surface area contributed by atoms with Crippen molar-refractivity contribution < 1.29 is 4.74 Å². The molecule has 1 unspecified atom stereocenters. The van der Waals surface area contributed by atoms with Crippen LogP contribution in [0.4, 0.5) is 5.69 Å². The van der Waals surface area contributed by atoms with Crippen molar-refractivity contribution in [1.82, 2.24) is 15.2 Å². The van der Waals surface area contributed by atoms with Crippen molar-refractivity contribution in [3.63, 3.8) is 0 Å². The van der Waals surface area contributed by atoms with E-state index in [9.17, 15) is 0 Å². The van der Waals surface area contributed by atoms with Crippen molar-refractivity contribution in [2.24, 2.45) is 0 Å². The molecule has 0 bridgehead atoms. The van der Waals surface area contributed by atoms with Gasteiger partial charge in [0.25, 0.3) is 0 Å². The highest BCUT2D eigenvalue weighted by atomic mass is 16.5. The molecule has 2 N–H and O–H groups in total. The molecule has 0 spiro atoms. The third-order valence-electron chi connectivity index (χ3n) is 5.80. The van der Waals surface area contributed by atoms with E-state index in [1.165, 1.54) is 0 Å². The number of rotatable bonds is 4. The number of nitrogens with one attached hydrogen (secondary N) is 2. The molecule has 1 aliphatic heterocycles. The number of aromatic nitrogens is 3. The summed E-state index contributed by atoms with van der Waals surface area (Å²) in [5, 5.41) is 13.4. The minimum absolute atomic E-state index is 0.0904. The normalized spacial score (nSPS) is 14.5. The summed E-state index contributed by atoms with van der Waals surface area (Å²) in [6, 6.07) is 26.7. The molecule has 5 aromatic rings. The summed E-state index contributed by atoms with van der Waals surface area (Å²) in [7, 11) is 0. The first-order chi connectivity index (χ1) is 15.4. The fourth-order valence-corrected chi connectivity index (χ4v) is 4.34. The van der Waals surface area contributed by atoms with E-state index >= 15 is 0 Å². The molecule has 31 heavy (non-hydrogen) atoms. The number of nitrogens with zero attached hydrogens (tertiary/aromatic N) is 2.